The van der Waals surface area contributed by atoms with Crippen LogP contribution < -0.4 is 10.6 Å². The summed E-state index contributed by atoms with van der Waals surface area (Å²) < 4.78 is 21.5. The van der Waals surface area contributed by atoms with Crippen molar-refractivity contribution < 1.29 is 18.7 Å². The highest BCUT2D eigenvalue weighted by Crippen LogP contribution is 2.47. The van der Waals surface area contributed by atoms with Crippen molar-refractivity contribution in [2.24, 2.45) is 5.92 Å². The number of carbonyl (C=O) groups excluding carboxylic acids is 2. The Labute approximate surface area is 222 Å². The molecule has 33 heavy (non-hydrogen) atoms. The lowest BCUT2D eigenvalue weighted by atomic mass is 9.79. The minimum absolute atomic E-state index is 0.0638. The second kappa shape index (κ2) is 9.16. The molecular weight excluding hydrogens is 653 g/mol. The molecule has 1 aromatic carbocycles. The highest BCUT2D eigenvalue weighted by atomic mass is 127. The van der Waals surface area contributed by atoms with Crippen LogP contribution in [0.4, 0.5) is 20.6 Å². The molecule has 2 aliphatic heterocycles. The Bertz CT molecular complexity index is 1160. The molecule has 1 aliphatic carbocycles. The molecule has 3 unspecified atom stereocenters. The summed E-state index contributed by atoms with van der Waals surface area (Å²) in [6.07, 6.45) is 0.464. The minimum Gasteiger partial charge on any atom is -0.444 e. The van der Waals surface area contributed by atoms with Gasteiger partial charge in [-0.1, -0.05) is 11.6 Å². The van der Waals surface area contributed by atoms with Gasteiger partial charge in [-0.05, 0) is 71.8 Å². The van der Waals surface area contributed by atoms with Crippen LogP contribution in [0.15, 0.2) is 10.5 Å². The molecule has 0 spiro atoms. The zero-order valence-electron chi connectivity index (χ0n) is 17.9. The number of pyridine rings is 1. The Morgan fingerprint density at radius 2 is 2.09 bits per heavy atom. The monoisotopic (exact) mass is 672 g/mol. The van der Waals surface area contributed by atoms with Gasteiger partial charge in [0.2, 0.25) is 5.91 Å². The van der Waals surface area contributed by atoms with E-state index in [1.165, 1.54) is 0 Å². The molecule has 2 amide bonds. The molecule has 3 aliphatic rings. The van der Waals surface area contributed by atoms with Crippen molar-refractivity contribution in [3.63, 3.8) is 0 Å². The van der Waals surface area contributed by atoms with Gasteiger partial charge in [0.1, 0.15) is 22.7 Å². The summed E-state index contributed by atoms with van der Waals surface area (Å²) in [6, 6.07) is 1.55. The van der Waals surface area contributed by atoms with Gasteiger partial charge in [0.15, 0.2) is 11.0 Å². The fourth-order valence-electron chi connectivity index (χ4n) is 4.24. The second-order valence-electron chi connectivity index (χ2n) is 9.08. The van der Waals surface area contributed by atoms with Crippen LogP contribution in [0.25, 0.3) is 10.9 Å². The Morgan fingerprint density at radius 3 is 2.73 bits per heavy atom. The number of hydrogen-bond donors (Lipinski definition) is 2. The molecule has 178 valence electrons. The largest absolute Gasteiger partial charge is 0.444 e. The molecule has 1 saturated carbocycles. The summed E-state index contributed by atoms with van der Waals surface area (Å²) in [4.78, 5) is 30.6. The molecule has 7 nitrogen and oxygen atoms in total. The zero-order valence-corrected chi connectivity index (χ0v) is 23.2. The lowest BCUT2D eigenvalue weighted by molar-refractivity contribution is -0.113. The molecule has 5 rings (SSSR count). The molecule has 2 bridgehead atoms. The topological polar surface area (TPSA) is 83.6 Å². The molecule has 1 aromatic heterocycles. The van der Waals surface area contributed by atoms with Gasteiger partial charge in [-0.2, -0.15) is 0 Å². The number of benzene rings is 1. The maximum Gasteiger partial charge on any atom is 0.410 e. The van der Waals surface area contributed by atoms with Crippen molar-refractivity contribution in [1.29, 1.82) is 0 Å². The van der Waals surface area contributed by atoms with Crippen LogP contribution in [0.3, 0.4) is 0 Å². The second-order valence-corrected chi connectivity index (χ2v) is 11.7. The Kier molecular flexibility index (Phi) is 6.94. The van der Waals surface area contributed by atoms with Gasteiger partial charge in [-0.25, -0.2) is 14.2 Å². The molecule has 3 heterocycles. The Hall–Kier alpha value is -1.11. The van der Waals surface area contributed by atoms with Crippen molar-refractivity contribution in [1.82, 2.24) is 9.88 Å². The van der Waals surface area contributed by atoms with Crippen molar-refractivity contribution >= 4 is 96.0 Å². The standard InChI is InChI=1S/C21H21BrCl2FIN4O3/c1-21(2,3)33-20(32)30-7-8-4-11(30)15(8)28-17-9-5-10(26)13(22)14(25)16(9)29-19(24)18(17)27-12(31)6-23/h5,8,11,15H,4,6-7H2,1-3H3,(H,27,31)(H,28,29). The first-order valence-electron chi connectivity index (χ1n) is 10.2. The number of carbonyl (C=O) groups is 2. The molecule has 2 N–H and O–H groups in total. The van der Waals surface area contributed by atoms with E-state index in [1.54, 1.807) is 11.0 Å². The normalized spacial score (nSPS) is 21.7. The number of fused-ring (bicyclic) bond motifs is 2. The van der Waals surface area contributed by atoms with Crippen LogP contribution in [0.5, 0.6) is 0 Å². The van der Waals surface area contributed by atoms with Gasteiger partial charge in [0.25, 0.3) is 0 Å². The van der Waals surface area contributed by atoms with E-state index >= 15 is 4.39 Å². The predicted molar refractivity (Wildman–Crippen MR) is 139 cm³/mol. The molecule has 3 fully saturated rings. The van der Waals surface area contributed by atoms with E-state index in [0.717, 1.165) is 6.42 Å². The number of alkyl halides is 1. The van der Waals surface area contributed by atoms with Crippen LogP contribution in [0.2, 0.25) is 5.15 Å². The van der Waals surface area contributed by atoms with Crippen molar-refractivity contribution in [3.8, 4) is 0 Å². The maximum absolute atomic E-state index is 15.0. The third-order valence-electron chi connectivity index (χ3n) is 5.70. The molecule has 2 aromatic rings. The molecule has 3 atom stereocenters. The number of rotatable bonds is 4. The van der Waals surface area contributed by atoms with Gasteiger partial charge >= 0.3 is 6.09 Å². The average Bonchev–Trinajstić information content (AvgIpc) is 3.32. The fourth-order valence-corrected chi connectivity index (χ4v) is 5.39. The first kappa shape index (κ1) is 25.0. The number of anilines is 2. The lowest BCUT2D eigenvalue weighted by Crippen LogP contribution is -2.50. The highest BCUT2D eigenvalue weighted by Gasteiger charge is 2.55. The van der Waals surface area contributed by atoms with Crippen LogP contribution in [-0.2, 0) is 9.53 Å². The lowest BCUT2D eigenvalue weighted by Gasteiger charge is -2.38. The van der Waals surface area contributed by atoms with E-state index in [2.05, 4.69) is 31.5 Å². The van der Waals surface area contributed by atoms with Crippen LogP contribution in [-0.4, -0.2) is 52.0 Å². The number of nitrogens with zero attached hydrogens (tertiary/aromatic N) is 2. The summed E-state index contributed by atoms with van der Waals surface area (Å²) in [5.41, 5.74) is 0.137. The first-order valence-corrected chi connectivity index (χ1v) is 13.0. The number of amides is 2. The van der Waals surface area contributed by atoms with E-state index in [0.29, 0.717) is 21.2 Å². The number of halogens is 5. The molecule has 0 radical (unpaired) electrons. The van der Waals surface area contributed by atoms with Crippen LogP contribution in [0.1, 0.15) is 27.2 Å². The SMILES string of the molecule is CC(C)(C)OC(=O)N1CC2CC1C2Nc1c(NC(=O)CCl)c(Cl)nc2c(F)c(Br)c(I)cc12. The summed E-state index contributed by atoms with van der Waals surface area (Å²) >= 11 is 17.3. The average molecular weight is 674 g/mol. The van der Waals surface area contributed by atoms with Crippen LogP contribution in [0, 0.1) is 15.3 Å². The number of aromatic nitrogens is 1. The van der Waals surface area contributed by atoms with E-state index in [1.807, 2.05) is 43.4 Å². The number of ether oxygens (including phenoxy) is 1. The fraction of sp³-hybridized carbons (Fsp3) is 0.476. The van der Waals surface area contributed by atoms with Gasteiger partial charge in [-0.3, -0.25) is 4.79 Å². The van der Waals surface area contributed by atoms with Gasteiger partial charge < -0.3 is 20.3 Å². The molecular formula is C21H21BrCl2FIN4O3. The van der Waals surface area contributed by atoms with Crippen molar-refractivity contribution in [2.75, 3.05) is 23.1 Å². The molecule has 2 saturated heterocycles. The smallest absolute Gasteiger partial charge is 0.410 e. The van der Waals surface area contributed by atoms with E-state index in [9.17, 15) is 9.59 Å². The zero-order chi connectivity index (χ0) is 24.2. The number of nitrogens with one attached hydrogen (secondary N) is 2. The first-order chi connectivity index (χ1) is 15.4. The summed E-state index contributed by atoms with van der Waals surface area (Å²) in [6.45, 7) is 6.03. The van der Waals surface area contributed by atoms with Gasteiger partial charge in [-0.15, -0.1) is 11.6 Å². The number of hydrogen-bond acceptors (Lipinski definition) is 5. The minimum atomic E-state index is -0.595. The van der Waals surface area contributed by atoms with E-state index < -0.39 is 17.3 Å². The third kappa shape index (κ3) is 4.72. The van der Waals surface area contributed by atoms with Gasteiger partial charge in [0, 0.05) is 21.4 Å². The molecule has 12 heteroatoms. The van der Waals surface area contributed by atoms with Crippen molar-refractivity contribution in [3.05, 3.63) is 25.1 Å². The summed E-state index contributed by atoms with van der Waals surface area (Å²) in [5.74, 6) is -1.12. The third-order valence-corrected chi connectivity index (χ3v) is 8.58. The van der Waals surface area contributed by atoms with Crippen molar-refractivity contribution in [2.45, 2.75) is 44.9 Å². The Morgan fingerprint density at radius 1 is 1.39 bits per heavy atom. The van der Waals surface area contributed by atoms with E-state index in [-0.39, 0.29) is 50.8 Å². The maximum atomic E-state index is 15.0. The summed E-state index contributed by atoms with van der Waals surface area (Å²) in [7, 11) is 0. The van der Waals surface area contributed by atoms with Crippen LogP contribution >= 0.6 is 61.7 Å². The highest BCUT2D eigenvalue weighted by molar-refractivity contribution is 14.1. The van der Waals surface area contributed by atoms with Gasteiger partial charge in [0.05, 0.1) is 22.2 Å². The predicted octanol–water partition coefficient (Wildman–Crippen LogP) is 5.99. The Balaban J connectivity index is 1.73. The van der Waals surface area contributed by atoms with E-state index in [4.69, 9.17) is 27.9 Å². The summed E-state index contributed by atoms with van der Waals surface area (Å²) in [5, 5.41) is 6.50. The quantitative estimate of drug-likeness (QED) is 0.180.